The van der Waals surface area contributed by atoms with Gasteiger partial charge in [0.1, 0.15) is 0 Å². The van der Waals surface area contributed by atoms with E-state index in [9.17, 15) is 0 Å². The Labute approximate surface area is 107 Å². The van der Waals surface area contributed by atoms with Crippen LogP contribution in [0.2, 0.25) is 0 Å². The summed E-state index contributed by atoms with van der Waals surface area (Å²) < 4.78 is 10.3. The van der Waals surface area contributed by atoms with Crippen molar-refractivity contribution in [3.05, 3.63) is 6.07 Å². The molecule has 1 saturated heterocycles. The van der Waals surface area contributed by atoms with E-state index < -0.39 is 0 Å². The molecular formula is C12H19N3O3. The zero-order chi connectivity index (χ0) is 13.0. The molecule has 0 spiro atoms. The van der Waals surface area contributed by atoms with E-state index in [-0.39, 0.29) is 6.61 Å². The van der Waals surface area contributed by atoms with Crippen molar-refractivity contribution in [3.8, 4) is 11.8 Å². The van der Waals surface area contributed by atoms with Gasteiger partial charge < -0.3 is 19.5 Å². The second-order valence-corrected chi connectivity index (χ2v) is 4.37. The van der Waals surface area contributed by atoms with Crippen LogP contribution in [0.25, 0.3) is 0 Å². The smallest absolute Gasteiger partial charge is 0.231 e. The van der Waals surface area contributed by atoms with Gasteiger partial charge in [-0.3, -0.25) is 0 Å². The highest BCUT2D eigenvalue weighted by atomic mass is 16.5. The molecule has 0 atom stereocenters. The number of hydrogen-bond acceptors (Lipinski definition) is 6. The third-order valence-corrected chi connectivity index (χ3v) is 3.24. The summed E-state index contributed by atoms with van der Waals surface area (Å²) in [6.07, 6.45) is 1.92. The van der Waals surface area contributed by atoms with E-state index in [0.29, 0.717) is 23.6 Å². The largest absolute Gasteiger partial charge is 0.481 e. The van der Waals surface area contributed by atoms with E-state index in [1.165, 1.54) is 0 Å². The number of ether oxygens (including phenoxy) is 2. The minimum Gasteiger partial charge on any atom is -0.481 e. The Kier molecular flexibility index (Phi) is 4.19. The standard InChI is InChI=1S/C12H19N3O3/c1-17-10-7-11(18-2)14-12(13-10)15-5-3-9(8-16)4-6-15/h7,9,16H,3-6,8H2,1-2H3. The van der Waals surface area contributed by atoms with Crippen molar-refractivity contribution >= 4 is 5.95 Å². The number of hydrogen-bond donors (Lipinski definition) is 1. The Balaban J connectivity index is 2.13. The lowest BCUT2D eigenvalue weighted by atomic mass is 9.98. The normalized spacial score (nSPS) is 16.7. The lowest BCUT2D eigenvalue weighted by Gasteiger charge is -2.31. The Morgan fingerprint density at radius 1 is 1.22 bits per heavy atom. The summed E-state index contributed by atoms with van der Waals surface area (Å²) in [6, 6.07) is 1.66. The minimum absolute atomic E-state index is 0.260. The fraction of sp³-hybridized carbons (Fsp3) is 0.667. The minimum atomic E-state index is 0.260. The van der Waals surface area contributed by atoms with Crippen molar-refractivity contribution in [1.29, 1.82) is 0 Å². The van der Waals surface area contributed by atoms with Crippen molar-refractivity contribution in [2.75, 3.05) is 38.8 Å². The number of nitrogens with zero attached hydrogens (tertiary/aromatic N) is 3. The maximum Gasteiger partial charge on any atom is 0.231 e. The van der Waals surface area contributed by atoms with Gasteiger partial charge in [-0.15, -0.1) is 0 Å². The molecule has 1 aliphatic rings. The molecule has 0 bridgehead atoms. The molecule has 0 aromatic carbocycles. The van der Waals surface area contributed by atoms with Crippen LogP contribution in [-0.2, 0) is 0 Å². The molecule has 0 unspecified atom stereocenters. The third-order valence-electron chi connectivity index (χ3n) is 3.24. The number of aromatic nitrogens is 2. The first-order chi connectivity index (χ1) is 8.76. The third kappa shape index (κ3) is 2.81. The molecule has 0 aliphatic carbocycles. The summed E-state index contributed by atoms with van der Waals surface area (Å²) in [5.74, 6) is 2.03. The number of methoxy groups -OCH3 is 2. The van der Waals surface area contributed by atoms with Gasteiger partial charge in [-0.05, 0) is 18.8 Å². The highest BCUT2D eigenvalue weighted by Crippen LogP contribution is 2.24. The van der Waals surface area contributed by atoms with E-state index >= 15 is 0 Å². The van der Waals surface area contributed by atoms with E-state index in [4.69, 9.17) is 14.6 Å². The number of aliphatic hydroxyl groups excluding tert-OH is 1. The van der Waals surface area contributed by atoms with Crippen molar-refractivity contribution in [2.45, 2.75) is 12.8 Å². The molecule has 6 nitrogen and oxygen atoms in total. The second-order valence-electron chi connectivity index (χ2n) is 4.37. The van der Waals surface area contributed by atoms with Gasteiger partial charge in [0.2, 0.25) is 17.7 Å². The molecule has 2 heterocycles. The van der Waals surface area contributed by atoms with Crippen LogP contribution in [0.15, 0.2) is 6.07 Å². The van der Waals surface area contributed by atoms with Gasteiger partial charge in [-0.25, -0.2) is 0 Å². The van der Waals surface area contributed by atoms with E-state index in [1.54, 1.807) is 20.3 Å². The molecule has 1 fully saturated rings. The first-order valence-electron chi connectivity index (χ1n) is 6.09. The first kappa shape index (κ1) is 12.9. The van der Waals surface area contributed by atoms with Crippen LogP contribution < -0.4 is 14.4 Å². The van der Waals surface area contributed by atoms with Crippen LogP contribution in [0.4, 0.5) is 5.95 Å². The maximum atomic E-state index is 9.12. The van der Waals surface area contributed by atoms with Gasteiger partial charge in [0.25, 0.3) is 0 Å². The molecule has 1 N–H and O–H groups in total. The molecule has 0 amide bonds. The van der Waals surface area contributed by atoms with Crippen LogP contribution in [0.3, 0.4) is 0 Å². The Hall–Kier alpha value is -1.56. The van der Waals surface area contributed by atoms with E-state index in [1.807, 2.05) is 0 Å². The van der Waals surface area contributed by atoms with Crippen LogP contribution in [0.1, 0.15) is 12.8 Å². The average molecular weight is 253 g/mol. The number of aliphatic hydroxyl groups is 1. The van der Waals surface area contributed by atoms with Gasteiger partial charge in [-0.2, -0.15) is 9.97 Å². The number of piperidine rings is 1. The molecule has 1 aromatic heterocycles. The Morgan fingerprint density at radius 3 is 2.22 bits per heavy atom. The molecule has 0 saturated carbocycles. The van der Waals surface area contributed by atoms with Crippen LogP contribution in [-0.4, -0.2) is 49.0 Å². The van der Waals surface area contributed by atoms with Crippen LogP contribution in [0.5, 0.6) is 11.8 Å². The fourth-order valence-corrected chi connectivity index (χ4v) is 2.06. The fourth-order valence-electron chi connectivity index (χ4n) is 2.06. The van der Waals surface area contributed by atoms with Gasteiger partial charge in [0.05, 0.1) is 20.3 Å². The van der Waals surface area contributed by atoms with E-state index in [2.05, 4.69) is 14.9 Å². The van der Waals surface area contributed by atoms with Crippen molar-refractivity contribution < 1.29 is 14.6 Å². The summed E-state index contributed by atoms with van der Waals surface area (Å²) in [6.45, 7) is 1.96. The summed E-state index contributed by atoms with van der Waals surface area (Å²) in [7, 11) is 3.15. The summed E-state index contributed by atoms with van der Waals surface area (Å²) in [5.41, 5.74) is 0. The second kappa shape index (κ2) is 5.86. The topological polar surface area (TPSA) is 67.7 Å². The highest BCUT2D eigenvalue weighted by Gasteiger charge is 2.21. The molecule has 1 aromatic rings. The van der Waals surface area contributed by atoms with Crippen molar-refractivity contribution in [2.24, 2.45) is 5.92 Å². The summed E-state index contributed by atoms with van der Waals surface area (Å²) in [4.78, 5) is 10.7. The molecule has 0 radical (unpaired) electrons. The van der Waals surface area contributed by atoms with Crippen LogP contribution >= 0.6 is 0 Å². The van der Waals surface area contributed by atoms with Crippen LogP contribution in [0, 0.1) is 5.92 Å². The van der Waals surface area contributed by atoms with Gasteiger partial charge in [-0.1, -0.05) is 0 Å². The zero-order valence-electron chi connectivity index (χ0n) is 10.8. The molecule has 18 heavy (non-hydrogen) atoms. The summed E-state index contributed by atoms with van der Waals surface area (Å²) in [5, 5.41) is 9.12. The predicted octanol–water partition coefficient (Wildman–Crippen LogP) is 0.702. The number of anilines is 1. The van der Waals surface area contributed by atoms with Crippen molar-refractivity contribution in [3.63, 3.8) is 0 Å². The quantitative estimate of drug-likeness (QED) is 0.852. The van der Waals surface area contributed by atoms with Crippen molar-refractivity contribution in [1.82, 2.24) is 9.97 Å². The van der Waals surface area contributed by atoms with Gasteiger partial charge in [0, 0.05) is 19.7 Å². The van der Waals surface area contributed by atoms with E-state index in [0.717, 1.165) is 25.9 Å². The monoisotopic (exact) mass is 253 g/mol. The SMILES string of the molecule is COc1cc(OC)nc(N2CCC(CO)CC2)n1. The number of rotatable bonds is 4. The van der Waals surface area contributed by atoms with Gasteiger partial charge in [0.15, 0.2) is 0 Å². The first-order valence-corrected chi connectivity index (χ1v) is 6.09. The predicted molar refractivity (Wildman–Crippen MR) is 67.2 cm³/mol. The molecule has 100 valence electrons. The maximum absolute atomic E-state index is 9.12. The summed E-state index contributed by atoms with van der Waals surface area (Å²) >= 11 is 0. The molecule has 2 rings (SSSR count). The zero-order valence-corrected chi connectivity index (χ0v) is 10.8. The van der Waals surface area contributed by atoms with Gasteiger partial charge >= 0.3 is 0 Å². The molecule has 6 heteroatoms. The lowest BCUT2D eigenvalue weighted by Crippen LogP contribution is -2.35. The average Bonchev–Trinajstić information content (AvgIpc) is 2.46. The Morgan fingerprint density at radius 2 is 1.78 bits per heavy atom. The lowest BCUT2D eigenvalue weighted by molar-refractivity contribution is 0.202. The molecular weight excluding hydrogens is 234 g/mol. The highest BCUT2D eigenvalue weighted by molar-refractivity contribution is 5.37. The Bertz CT molecular complexity index is 370. The molecule has 1 aliphatic heterocycles.